The number of aromatic nitrogens is 2. The Morgan fingerprint density at radius 1 is 1.38 bits per heavy atom. The Labute approximate surface area is 142 Å². The number of carbonyl (C=O) groups excluding carboxylic acids is 1. The summed E-state index contributed by atoms with van der Waals surface area (Å²) >= 11 is 0. The Hall–Kier alpha value is -2.34. The number of anilines is 1. The minimum atomic E-state index is -0.184. The topological polar surface area (TPSA) is 68.2 Å². The maximum atomic E-state index is 12.0. The van der Waals surface area contributed by atoms with Crippen molar-refractivity contribution in [2.75, 3.05) is 18.5 Å². The number of ether oxygens (including phenoxy) is 1. The second-order valence-electron chi connectivity index (χ2n) is 6.19. The molecule has 2 N–H and O–H groups in total. The van der Waals surface area contributed by atoms with Gasteiger partial charge in [0, 0.05) is 24.7 Å². The molecule has 3 rings (SSSR count). The third kappa shape index (κ3) is 3.94. The van der Waals surface area contributed by atoms with Crippen molar-refractivity contribution >= 4 is 11.7 Å². The van der Waals surface area contributed by atoms with Gasteiger partial charge >= 0.3 is 6.03 Å². The first-order valence-corrected chi connectivity index (χ1v) is 8.38. The number of amides is 2. The fraction of sp³-hybridized carbons (Fsp3) is 0.444. The molecule has 6 heteroatoms. The van der Waals surface area contributed by atoms with Crippen LogP contribution in [0.1, 0.15) is 37.2 Å². The van der Waals surface area contributed by atoms with E-state index in [0.717, 1.165) is 31.0 Å². The molecule has 1 aliphatic rings. The van der Waals surface area contributed by atoms with Gasteiger partial charge in [-0.05, 0) is 44.4 Å². The fourth-order valence-electron chi connectivity index (χ4n) is 3.01. The Bertz CT molecular complexity index is 675. The Balaban J connectivity index is 1.58. The molecule has 0 spiro atoms. The molecule has 0 saturated carbocycles. The smallest absolute Gasteiger partial charge is 0.319 e. The van der Waals surface area contributed by atoms with Gasteiger partial charge in [0.1, 0.15) is 5.82 Å². The van der Waals surface area contributed by atoms with Crippen LogP contribution in [0.4, 0.5) is 10.5 Å². The van der Waals surface area contributed by atoms with Crippen molar-refractivity contribution in [3.63, 3.8) is 0 Å². The van der Waals surface area contributed by atoms with Gasteiger partial charge in [-0.1, -0.05) is 12.1 Å². The number of nitrogens with one attached hydrogen (secondary N) is 2. The Morgan fingerprint density at radius 2 is 2.17 bits per heavy atom. The normalized spacial score (nSPS) is 18.8. The maximum absolute atomic E-state index is 12.0. The first-order chi connectivity index (χ1) is 11.6. The Kier molecular flexibility index (Phi) is 5.15. The zero-order valence-corrected chi connectivity index (χ0v) is 14.2. The standard InChI is InChI=1S/C18H24N4O2/c1-13(22-10-9-19-14(22)2)15-5-7-16(8-6-15)20-18(23)21-17-4-3-11-24-12-17/h5-10,13,17H,3-4,11-12H2,1-2H3,(H2,20,21,23)/t13-,17+/m1/s1. The lowest BCUT2D eigenvalue weighted by Crippen LogP contribution is -2.42. The van der Waals surface area contributed by atoms with Gasteiger partial charge in [0.15, 0.2) is 0 Å². The lowest BCUT2D eigenvalue weighted by Gasteiger charge is -2.23. The third-order valence-corrected chi connectivity index (χ3v) is 4.43. The molecule has 1 aromatic heterocycles. The van der Waals surface area contributed by atoms with Crippen molar-refractivity contribution in [2.24, 2.45) is 0 Å². The van der Waals surface area contributed by atoms with Gasteiger partial charge in [0.2, 0.25) is 0 Å². The molecule has 2 heterocycles. The average molecular weight is 328 g/mol. The number of carbonyl (C=O) groups is 1. The second-order valence-corrected chi connectivity index (χ2v) is 6.19. The summed E-state index contributed by atoms with van der Waals surface area (Å²) in [6, 6.07) is 8.03. The van der Waals surface area contributed by atoms with Crippen LogP contribution in [0.15, 0.2) is 36.7 Å². The molecule has 1 fully saturated rings. The van der Waals surface area contributed by atoms with Gasteiger partial charge in [-0.15, -0.1) is 0 Å². The molecule has 6 nitrogen and oxygen atoms in total. The first-order valence-electron chi connectivity index (χ1n) is 8.38. The minimum absolute atomic E-state index is 0.0993. The maximum Gasteiger partial charge on any atom is 0.319 e. The zero-order valence-electron chi connectivity index (χ0n) is 14.2. The average Bonchev–Trinajstić information content (AvgIpc) is 3.02. The molecule has 1 aromatic carbocycles. The summed E-state index contributed by atoms with van der Waals surface area (Å²) in [5.74, 6) is 0.985. The van der Waals surface area contributed by atoms with Crippen LogP contribution in [0.5, 0.6) is 0 Å². The number of benzene rings is 1. The molecule has 2 aromatic rings. The molecule has 0 radical (unpaired) electrons. The molecule has 2 amide bonds. The highest BCUT2D eigenvalue weighted by Crippen LogP contribution is 2.21. The zero-order chi connectivity index (χ0) is 16.9. The van der Waals surface area contributed by atoms with E-state index in [9.17, 15) is 4.79 Å². The molecule has 0 bridgehead atoms. The van der Waals surface area contributed by atoms with Crippen molar-refractivity contribution in [3.8, 4) is 0 Å². The van der Waals surface area contributed by atoms with E-state index < -0.39 is 0 Å². The van der Waals surface area contributed by atoms with Gasteiger partial charge in [-0.3, -0.25) is 0 Å². The third-order valence-electron chi connectivity index (χ3n) is 4.43. The number of hydrogen-bond donors (Lipinski definition) is 2. The van der Waals surface area contributed by atoms with E-state index in [2.05, 4.69) is 27.1 Å². The minimum Gasteiger partial charge on any atom is -0.379 e. The second kappa shape index (κ2) is 7.49. The van der Waals surface area contributed by atoms with Crippen molar-refractivity contribution in [3.05, 3.63) is 48.0 Å². The summed E-state index contributed by atoms with van der Waals surface area (Å²) in [5.41, 5.74) is 1.95. The predicted octanol–water partition coefficient (Wildman–Crippen LogP) is 3.10. The number of aryl methyl sites for hydroxylation is 1. The largest absolute Gasteiger partial charge is 0.379 e. The molecule has 0 unspecified atom stereocenters. The highest BCUT2D eigenvalue weighted by molar-refractivity contribution is 5.89. The molecular weight excluding hydrogens is 304 g/mol. The number of hydrogen-bond acceptors (Lipinski definition) is 3. The van der Waals surface area contributed by atoms with Gasteiger partial charge < -0.3 is 19.9 Å². The van der Waals surface area contributed by atoms with E-state index >= 15 is 0 Å². The van der Waals surface area contributed by atoms with Crippen molar-refractivity contribution in [1.82, 2.24) is 14.9 Å². The van der Waals surface area contributed by atoms with E-state index in [1.54, 1.807) is 6.20 Å². The van der Waals surface area contributed by atoms with Crippen LogP contribution in [0.2, 0.25) is 0 Å². The summed E-state index contributed by atoms with van der Waals surface area (Å²) in [4.78, 5) is 16.3. The van der Waals surface area contributed by atoms with Gasteiger partial charge in [0.25, 0.3) is 0 Å². The van der Waals surface area contributed by atoms with Crippen LogP contribution >= 0.6 is 0 Å². The molecule has 24 heavy (non-hydrogen) atoms. The highest BCUT2D eigenvalue weighted by Gasteiger charge is 2.16. The van der Waals surface area contributed by atoms with Gasteiger partial charge in [0.05, 0.1) is 18.7 Å². The summed E-state index contributed by atoms with van der Waals surface area (Å²) in [6.45, 7) is 5.50. The van der Waals surface area contributed by atoms with Crippen LogP contribution < -0.4 is 10.6 Å². The Morgan fingerprint density at radius 3 is 2.79 bits per heavy atom. The first kappa shape index (κ1) is 16.5. The summed E-state index contributed by atoms with van der Waals surface area (Å²) in [7, 11) is 0. The van der Waals surface area contributed by atoms with E-state index in [1.165, 1.54) is 5.56 Å². The SMILES string of the molecule is Cc1nccn1[C@H](C)c1ccc(NC(=O)N[C@H]2CCCOC2)cc1. The van der Waals surface area contributed by atoms with E-state index in [0.29, 0.717) is 6.61 Å². The van der Waals surface area contributed by atoms with Gasteiger partial charge in [-0.25, -0.2) is 9.78 Å². The van der Waals surface area contributed by atoms with Crippen LogP contribution in [0.3, 0.4) is 0 Å². The molecule has 128 valence electrons. The van der Waals surface area contributed by atoms with Gasteiger partial charge in [-0.2, -0.15) is 0 Å². The summed E-state index contributed by atoms with van der Waals surface area (Å²) in [5, 5.41) is 5.82. The van der Waals surface area contributed by atoms with E-state index in [1.807, 2.05) is 37.4 Å². The summed E-state index contributed by atoms with van der Waals surface area (Å²) < 4.78 is 7.49. The van der Waals surface area contributed by atoms with Crippen LogP contribution in [-0.4, -0.2) is 34.8 Å². The molecule has 1 saturated heterocycles. The summed E-state index contributed by atoms with van der Waals surface area (Å²) in [6.07, 6.45) is 5.74. The van der Waals surface area contributed by atoms with Crippen LogP contribution in [0.25, 0.3) is 0 Å². The van der Waals surface area contributed by atoms with E-state index in [-0.39, 0.29) is 18.1 Å². The molecular formula is C18H24N4O2. The number of urea groups is 1. The number of nitrogens with zero attached hydrogens (tertiary/aromatic N) is 2. The molecule has 2 atom stereocenters. The lowest BCUT2D eigenvalue weighted by molar-refractivity contribution is 0.0739. The van der Waals surface area contributed by atoms with Crippen LogP contribution in [0, 0.1) is 6.92 Å². The quantitative estimate of drug-likeness (QED) is 0.906. The number of rotatable bonds is 4. The van der Waals surface area contributed by atoms with Crippen molar-refractivity contribution in [1.29, 1.82) is 0 Å². The van der Waals surface area contributed by atoms with Crippen LogP contribution in [-0.2, 0) is 4.74 Å². The highest BCUT2D eigenvalue weighted by atomic mass is 16.5. The monoisotopic (exact) mass is 328 g/mol. The fourth-order valence-corrected chi connectivity index (χ4v) is 3.01. The van der Waals surface area contributed by atoms with Crippen molar-refractivity contribution in [2.45, 2.75) is 38.8 Å². The predicted molar refractivity (Wildman–Crippen MR) is 93.2 cm³/mol. The van der Waals surface area contributed by atoms with E-state index in [4.69, 9.17) is 4.74 Å². The molecule has 0 aliphatic carbocycles. The lowest BCUT2D eigenvalue weighted by atomic mass is 10.1. The van der Waals surface area contributed by atoms with Crippen molar-refractivity contribution < 1.29 is 9.53 Å². The molecule has 1 aliphatic heterocycles. The number of imidazole rings is 1.